The van der Waals surface area contributed by atoms with E-state index < -0.39 is 5.97 Å². The summed E-state index contributed by atoms with van der Waals surface area (Å²) in [5.74, 6) is -0.865. The predicted octanol–water partition coefficient (Wildman–Crippen LogP) is 1.99. The minimum Gasteiger partial charge on any atom is -0.481 e. The molecule has 88 valence electrons. The molecule has 5 heteroatoms. The largest absolute Gasteiger partial charge is 0.481 e. The normalized spacial score (nSPS) is 10.1. The summed E-state index contributed by atoms with van der Waals surface area (Å²) in [4.78, 5) is 24.4. The van der Waals surface area contributed by atoms with Gasteiger partial charge in [0.05, 0.1) is 4.88 Å². The molecule has 0 aliphatic carbocycles. The molecular formula is C11H15NO3S. The Labute approximate surface area is 98.5 Å². The molecule has 1 heterocycles. The van der Waals surface area contributed by atoms with Crippen molar-refractivity contribution in [3.63, 3.8) is 0 Å². The fourth-order valence-electron chi connectivity index (χ4n) is 1.30. The maximum absolute atomic E-state index is 11.8. The summed E-state index contributed by atoms with van der Waals surface area (Å²) >= 11 is 1.42. The lowest BCUT2D eigenvalue weighted by Crippen LogP contribution is -2.27. The number of carbonyl (C=O) groups excluding carboxylic acids is 1. The van der Waals surface area contributed by atoms with Crippen LogP contribution >= 0.6 is 11.3 Å². The van der Waals surface area contributed by atoms with Gasteiger partial charge in [-0.25, -0.2) is 0 Å². The predicted molar refractivity (Wildman–Crippen MR) is 62.9 cm³/mol. The van der Waals surface area contributed by atoms with E-state index >= 15 is 0 Å². The minimum absolute atomic E-state index is 0.0384. The van der Waals surface area contributed by atoms with Crippen molar-refractivity contribution in [3.05, 3.63) is 21.9 Å². The van der Waals surface area contributed by atoms with Crippen molar-refractivity contribution in [2.24, 2.45) is 0 Å². The molecule has 0 saturated heterocycles. The van der Waals surface area contributed by atoms with E-state index in [-0.39, 0.29) is 12.3 Å². The van der Waals surface area contributed by atoms with Crippen LogP contribution in [0.15, 0.2) is 11.4 Å². The highest BCUT2D eigenvalue weighted by atomic mass is 32.1. The van der Waals surface area contributed by atoms with Crippen LogP contribution in [-0.2, 0) is 4.79 Å². The Morgan fingerprint density at radius 1 is 1.50 bits per heavy atom. The van der Waals surface area contributed by atoms with Crippen LogP contribution in [0.3, 0.4) is 0 Å². The minimum atomic E-state index is -0.826. The molecule has 1 N–H and O–H groups in total. The number of hydrogen-bond donors (Lipinski definition) is 1. The SMILES string of the molecule is Cc1csc(C(=O)N(C)CCCC(=O)O)c1. The fraction of sp³-hybridized carbons (Fsp3) is 0.455. The van der Waals surface area contributed by atoms with Gasteiger partial charge in [0, 0.05) is 20.0 Å². The van der Waals surface area contributed by atoms with Crippen LogP contribution in [0.2, 0.25) is 0 Å². The first-order chi connectivity index (χ1) is 7.50. The van der Waals surface area contributed by atoms with E-state index in [4.69, 9.17) is 5.11 Å². The lowest BCUT2D eigenvalue weighted by molar-refractivity contribution is -0.137. The Kier molecular flexibility index (Phi) is 4.49. The lowest BCUT2D eigenvalue weighted by atomic mass is 10.3. The number of thiophene rings is 1. The van der Waals surface area contributed by atoms with Crippen LogP contribution in [0.1, 0.15) is 28.1 Å². The molecule has 0 saturated carbocycles. The van der Waals surface area contributed by atoms with Crippen LogP contribution in [0.4, 0.5) is 0 Å². The third-order valence-electron chi connectivity index (χ3n) is 2.17. The summed E-state index contributed by atoms with van der Waals surface area (Å²) in [5, 5.41) is 10.4. The molecule has 0 aromatic carbocycles. The van der Waals surface area contributed by atoms with Gasteiger partial charge in [-0.15, -0.1) is 11.3 Å². The molecule has 0 fully saturated rings. The molecule has 16 heavy (non-hydrogen) atoms. The third-order valence-corrected chi connectivity index (χ3v) is 3.21. The molecule has 0 radical (unpaired) electrons. The number of nitrogens with zero attached hydrogens (tertiary/aromatic N) is 1. The summed E-state index contributed by atoms with van der Waals surface area (Å²) in [6.07, 6.45) is 0.586. The van der Waals surface area contributed by atoms with Gasteiger partial charge in [-0.3, -0.25) is 9.59 Å². The Morgan fingerprint density at radius 2 is 2.19 bits per heavy atom. The van der Waals surface area contributed by atoms with E-state index in [9.17, 15) is 9.59 Å². The van der Waals surface area contributed by atoms with Crippen LogP contribution in [0.5, 0.6) is 0 Å². The summed E-state index contributed by atoms with van der Waals surface area (Å²) in [6, 6.07) is 1.85. The van der Waals surface area contributed by atoms with Crippen molar-refractivity contribution < 1.29 is 14.7 Å². The van der Waals surface area contributed by atoms with Crippen molar-refractivity contribution in [2.75, 3.05) is 13.6 Å². The topological polar surface area (TPSA) is 57.6 Å². The zero-order chi connectivity index (χ0) is 12.1. The van der Waals surface area contributed by atoms with E-state index in [1.807, 2.05) is 18.4 Å². The molecule has 0 unspecified atom stereocenters. The molecular weight excluding hydrogens is 226 g/mol. The molecule has 0 spiro atoms. The molecule has 1 rings (SSSR count). The van der Waals surface area contributed by atoms with E-state index in [1.54, 1.807) is 11.9 Å². The number of rotatable bonds is 5. The first-order valence-electron chi connectivity index (χ1n) is 5.03. The van der Waals surface area contributed by atoms with Crippen molar-refractivity contribution in [1.82, 2.24) is 4.90 Å². The first-order valence-corrected chi connectivity index (χ1v) is 5.91. The van der Waals surface area contributed by atoms with E-state index in [0.717, 1.165) is 5.56 Å². The van der Waals surface area contributed by atoms with Crippen LogP contribution in [0, 0.1) is 6.92 Å². The molecule has 0 aliphatic rings. The molecule has 0 aliphatic heterocycles. The number of carboxylic acid groups (broad SMARTS) is 1. The highest BCUT2D eigenvalue weighted by Gasteiger charge is 2.13. The summed E-state index contributed by atoms with van der Waals surface area (Å²) in [5.41, 5.74) is 1.08. The molecule has 0 bridgehead atoms. The van der Waals surface area contributed by atoms with E-state index in [2.05, 4.69) is 0 Å². The number of amides is 1. The molecule has 1 amide bonds. The highest BCUT2D eigenvalue weighted by Crippen LogP contribution is 2.15. The van der Waals surface area contributed by atoms with Crippen LogP contribution in [0.25, 0.3) is 0 Å². The molecule has 1 aromatic heterocycles. The quantitative estimate of drug-likeness (QED) is 0.857. The van der Waals surface area contributed by atoms with Crippen LogP contribution < -0.4 is 0 Å². The first kappa shape index (κ1) is 12.7. The highest BCUT2D eigenvalue weighted by molar-refractivity contribution is 7.12. The van der Waals surface area contributed by atoms with Gasteiger partial charge in [-0.05, 0) is 30.4 Å². The van der Waals surface area contributed by atoms with Gasteiger partial charge in [-0.1, -0.05) is 0 Å². The Balaban J connectivity index is 2.45. The Bertz CT molecular complexity index is 386. The summed E-state index contributed by atoms with van der Waals surface area (Å²) < 4.78 is 0. The zero-order valence-electron chi connectivity index (χ0n) is 9.40. The number of hydrogen-bond acceptors (Lipinski definition) is 3. The third kappa shape index (κ3) is 3.66. The van der Waals surface area contributed by atoms with E-state index in [1.165, 1.54) is 11.3 Å². The van der Waals surface area contributed by atoms with Crippen molar-refractivity contribution in [1.29, 1.82) is 0 Å². The van der Waals surface area contributed by atoms with Crippen molar-refractivity contribution in [2.45, 2.75) is 19.8 Å². The average Bonchev–Trinajstić information content (AvgIpc) is 2.63. The average molecular weight is 241 g/mol. The lowest BCUT2D eigenvalue weighted by Gasteiger charge is -2.15. The van der Waals surface area contributed by atoms with Crippen LogP contribution in [-0.4, -0.2) is 35.5 Å². The van der Waals surface area contributed by atoms with Gasteiger partial charge in [0.25, 0.3) is 5.91 Å². The maximum Gasteiger partial charge on any atom is 0.303 e. The van der Waals surface area contributed by atoms with E-state index in [0.29, 0.717) is 17.8 Å². The number of aryl methyl sites for hydroxylation is 1. The zero-order valence-corrected chi connectivity index (χ0v) is 10.2. The number of carboxylic acids is 1. The standard InChI is InChI=1S/C11H15NO3S/c1-8-6-9(16-7-8)11(15)12(2)5-3-4-10(13)14/h6-7H,3-5H2,1-2H3,(H,13,14). The van der Waals surface area contributed by atoms with Gasteiger partial charge < -0.3 is 10.0 Å². The van der Waals surface area contributed by atoms with Gasteiger partial charge in [-0.2, -0.15) is 0 Å². The van der Waals surface area contributed by atoms with Gasteiger partial charge in [0.2, 0.25) is 0 Å². The number of carbonyl (C=O) groups is 2. The van der Waals surface area contributed by atoms with Gasteiger partial charge in [0.15, 0.2) is 0 Å². The van der Waals surface area contributed by atoms with Crippen molar-refractivity contribution >= 4 is 23.2 Å². The molecule has 4 nitrogen and oxygen atoms in total. The molecule has 1 aromatic rings. The number of aliphatic carboxylic acids is 1. The Hall–Kier alpha value is -1.36. The summed E-state index contributed by atoms with van der Waals surface area (Å²) in [7, 11) is 1.69. The monoisotopic (exact) mass is 241 g/mol. The smallest absolute Gasteiger partial charge is 0.303 e. The second-order valence-corrected chi connectivity index (χ2v) is 4.62. The summed E-state index contributed by atoms with van der Waals surface area (Å²) in [6.45, 7) is 2.42. The Morgan fingerprint density at radius 3 is 2.69 bits per heavy atom. The second-order valence-electron chi connectivity index (χ2n) is 3.71. The molecule has 0 atom stereocenters. The fourth-order valence-corrected chi connectivity index (χ4v) is 2.19. The van der Waals surface area contributed by atoms with Gasteiger partial charge >= 0.3 is 5.97 Å². The maximum atomic E-state index is 11.8. The van der Waals surface area contributed by atoms with Crippen molar-refractivity contribution in [3.8, 4) is 0 Å². The van der Waals surface area contributed by atoms with Gasteiger partial charge in [0.1, 0.15) is 0 Å². The second kappa shape index (κ2) is 5.65.